The van der Waals surface area contributed by atoms with E-state index in [1.165, 1.54) is 5.56 Å². The minimum absolute atomic E-state index is 0.0248. The molecule has 7 nitrogen and oxygen atoms in total. The van der Waals surface area contributed by atoms with Gasteiger partial charge in [-0.3, -0.25) is 9.59 Å². The van der Waals surface area contributed by atoms with Gasteiger partial charge in [0.25, 0.3) is 0 Å². The van der Waals surface area contributed by atoms with Crippen LogP contribution in [0, 0.1) is 12.8 Å². The summed E-state index contributed by atoms with van der Waals surface area (Å²) in [7, 11) is 0. The Balaban J connectivity index is 1.25. The highest BCUT2D eigenvalue weighted by Crippen LogP contribution is 2.27. The SMILES string of the molecule is CCOc1ccc(N2CC(C(=O)NCCCc3cn(-c4ccccc4)nc3C)CC2=O)cc1. The van der Waals surface area contributed by atoms with Crippen molar-refractivity contribution in [2.75, 3.05) is 24.6 Å². The normalized spacial score (nSPS) is 15.6. The molecule has 0 spiro atoms. The summed E-state index contributed by atoms with van der Waals surface area (Å²) in [4.78, 5) is 26.8. The minimum atomic E-state index is -0.327. The van der Waals surface area contributed by atoms with Crippen LogP contribution in [0.2, 0.25) is 0 Å². The second kappa shape index (κ2) is 10.3. The van der Waals surface area contributed by atoms with Crippen molar-refractivity contribution in [2.24, 2.45) is 5.92 Å². The topological polar surface area (TPSA) is 76.5 Å². The maximum atomic E-state index is 12.6. The van der Waals surface area contributed by atoms with Gasteiger partial charge in [-0.25, -0.2) is 4.68 Å². The van der Waals surface area contributed by atoms with Gasteiger partial charge in [-0.15, -0.1) is 0 Å². The third kappa shape index (κ3) is 5.42. The molecule has 0 radical (unpaired) electrons. The van der Waals surface area contributed by atoms with Gasteiger partial charge in [0.1, 0.15) is 5.75 Å². The number of benzene rings is 2. The van der Waals surface area contributed by atoms with E-state index in [0.717, 1.165) is 35.7 Å². The average Bonchev–Trinajstić information content (AvgIpc) is 3.40. The fourth-order valence-corrected chi connectivity index (χ4v) is 4.11. The largest absolute Gasteiger partial charge is 0.494 e. The summed E-state index contributed by atoms with van der Waals surface area (Å²) >= 11 is 0. The van der Waals surface area contributed by atoms with E-state index < -0.39 is 0 Å². The fourth-order valence-electron chi connectivity index (χ4n) is 4.11. The van der Waals surface area contributed by atoms with Crippen molar-refractivity contribution in [1.29, 1.82) is 0 Å². The third-order valence-corrected chi connectivity index (χ3v) is 5.90. The molecule has 1 aliphatic rings. The predicted molar refractivity (Wildman–Crippen MR) is 128 cm³/mol. The molecule has 1 unspecified atom stereocenters. The molecular formula is C26H30N4O3. The number of anilines is 1. The van der Waals surface area contributed by atoms with Crippen LogP contribution in [-0.2, 0) is 16.0 Å². The van der Waals surface area contributed by atoms with Crippen LogP contribution in [0.3, 0.4) is 0 Å². The molecule has 172 valence electrons. The van der Waals surface area contributed by atoms with Crippen molar-refractivity contribution in [3.05, 3.63) is 72.1 Å². The second-order valence-electron chi connectivity index (χ2n) is 8.25. The molecule has 3 aromatic rings. The molecule has 1 aromatic heterocycles. The fraction of sp³-hybridized carbons (Fsp3) is 0.346. The zero-order valence-corrected chi connectivity index (χ0v) is 19.2. The molecule has 1 fully saturated rings. The van der Waals surface area contributed by atoms with Gasteiger partial charge >= 0.3 is 0 Å². The van der Waals surface area contributed by atoms with Crippen molar-refractivity contribution in [3.8, 4) is 11.4 Å². The molecule has 33 heavy (non-hydrogen) atoms. The highest BCUT2D eigenvalue weighted by molar-refractivity contribution is 6.00. The first kappa shape index (κ1) is 22.6. The summed E-state index contributed by atoms with van der Waals surface area (Å²) in [6.07, 6.45) is 3.94. The summed E-state index contributed by atoms with van der Waals surface area (Å²) in [5, 5.41) is 7.60. The van der Waals surface area contributed by atoms with Crippen LogP contribution in [0.5, 0.6) is 5.75 Å². The van der Waals surface area contributed by atoms with Crippen LogP contribution >= 0.6 is 0 Å². The number of carbonyl (C=O) groups is 2. The molecule has 1 saturated heterocycles. The van der Waals surface area contributed by atoms with Gasteiger partial charge in [-0.1, -0.05) is 18.2 Å². The number of hydrogen-bond acceptors (Lipinski definition) is 4. The van der Waals surface area contributed by atoms with Crippen LogP contribution in [-0.4, -0.2) is 41.3 Å². The van der Waals surface area contributed by atoms with E-state index in [9.17, 15) is 9.59 Å². The number of amides is 2. The number of nitrogens with one attached hydrogen (secondary N) is 1. The van der Waals surface area contributed by atoms with Crippen LogP contribution in [0.1, 0.15) is 31.0 Å². The van der Waals surface area contributed by atoms with Gasteiger partial charge in [-0.05, 0) is 68.7 Å². The maximum Gasteiger partial charge on any atom is 0.227 e. The van der Waals surface area contributed by atoms with E-state index in [0.29, 0.717) is 19.7 Å². The summed E-state index contributed by atoms with van der Waals surface area (Å²) in [6.45, 7) is 5.51. The van der Waals surface area contributed by atoms with E-state index in [4.69, 9.17) is 4.74 Å². The number of carbonyl (C=O) groups excluding carboxylic acids is 2. The van der Waals surface area contributed by atoms with E-state index in [-0.39, 0.29) is 24.2 Å². The molecule has 4 rings (SSSR count). The molecule has 2 aromatic carbocycles. The molecule has 1 N–H and O–H groups in total. The van der Waals surface area contributed by atoms with Crippen molar-refractivity contribution < 1.29 is 14.3 Å². The molecule has 2 heterocycles. The number of aryl methyl sites for hydroxylation is 2. The highest BCUT2D eigenvalue weighted by Gasteiger charge is 2.34. The van der Waals surface area contributed by atoms with Gasteiger partial charge in [0.2, 0.25) is 11.8 Å². The van der Waals surface area contributed by atoms with Gasteiger partial charge in [-0.2, -0.15) is 5.10 Å². The highest BCUT2D eigenvalue weighted by atomic mass is 16.5. The zero-order valence-electron chi connectivity index (χ0n) is 19.2. The van der Waals surface area contributed by atoms with Crippen LogP contribution in [0.4, 0.5) is 5.69 Å². The lowest BCUT2D eigenvalue weighted by atomic mass is 10.1. The first-order valence-electron chi connectivity index (χ1n) is 11.5. The Labute approximate surface area is 194 Å². The monoisotopic (exact) mass is 446 g/mol. The number of rotatable bonds is 9. The van der Waals surface area contributed by atoms with Crippen molar-refractivity contribution in [1.82, 2.24) is 15.1 Å². The van der Waals surface area contributed by atoms with E-state index in [1.54, 1.807) is 4.90 Å². The van der Waals surface area contributed by atoms with Crippen LogP contribution < -0.4 is 15.0 Å². The number of para-hydroxylation sites is 1. The van der Waals surface area contributed by atoms with E-state index in [1.807, 2.05) is 73.1 Å². The Morgan fingerprint density at radius 1 is 1.12 bits per heavy atom. The predicted octanol–water partition coefficient (Wildman–Crippen LogP) is 3.68. The quantitative estimate of drug-likeness (QED) is 0.509. The zero-order chi connectivity index (χ0) is 23.2. The first-order chi connectivity index (χ1) is 16.0. The first-order valence-corrected chi connectivity index (χ1v) is 11.5. The molecule has 2 amide bonds. The van der Waals surface area contributed by atoms with Gasteiger partial charge in [0.15, 0.2) is 0 Å². The standard InChI is InChI=1S/C26H30N4O3/c1-3-33-24-13-11-22(12-14-24)29-17-21(16-25(29)31)26(32)27-15-7-8-20-18-30(28-19(20)2)23-9-5-4-6-10-23/h4-6,9-14,18,21H,3,7-8,15-17H2,1-2H3,(H,27,32). The van der Waals surface area contributed by atoms with Gasteiger partial charge in [0, 0.05) is 31.4 Å². The number of ether oxygens (including phenoxy) is 1. The third-order valence-electron chi connectivity index (χ3n) is 5.90. The lowest BCUT2D eigenvalue weighted by molar-refractivity contribution is -0.126. The Bertz CT molecular complexity index is 1090. The maximum absolute atomic E-state index is 12.6. The smallest absolute Gasteiger partial charge is 0.227 e. The van der Waals surface area contributed by atoms with Crippen LogP contribution in [0.15, 0.2) is 60.8 Å². The van der Waals surface area contributed by atoms with Crippen molar-refractivity contribution >= 4 is 17.5 Å². The molecule has 0 bridgehead atoms. The number of hydrogen-bond donors (Lipinski definition) is 1. The van der Waals surface area contributed by atoms with Crippen LogP contribution in [0.25, 0.3) is 5.69 Å². The molecule has 0 saturated carbocycles. The summed E-state index contributed by atoms with van der Waals surface area (Å²) < 4.78 is 7.35. The van der Waals surface area contributed by atoms with Gasteiger partial charge in [0.05, 0.1) is 23.9 Å². The van der Waals surface area contributed by atoms with Crippen molar-refractivity contribution in [2.45, 2.75) is 33.1 Å². The molecular weight excluding hydrogens is 416 g/mol. The molecule has 7 heteroatoms. The molecule has 1 atom stereocenters. The lowest BCUT2D eigenvalue weighted by Gasteiger charge is -2.17. The Hall–Kier alpha value is -3.61. The molecule has 0 aliphatic carbocycles. The Morgan fingerprint density at radius 2 is 1.88 bits per heavy atom. The Morgan fingerprint density at radius 3 is 2.61 bits per heavy atom. The van der Waals surface area contributed by atoms with E-state index in [2.05, 4.69) is 16.6 Å². The Kier molecular flexibility index (Phi) is 7.07. The summed E-state index contributed by atoms with van der Waals surface area (Å²) in [6, 6.07) is 17.4. The number of nitrogens with zero attached hydrogens (tertiary/aromatic N) is 3. The number of aromatic nitrogens is 2. The summed E-state index contributed by atoms with van der Waals surface area (Å²) in [5.74, 6) is 0.357. The minimum Gasteiger partial charge on any atom is -0.494 e. The van der Waals surface area contributed by atoms with E-state index >= 15 is 0 Å². The van der Waals surface area contributed by atoms with Crippen molar-refractivity contribution in [3.63, 3.8) is 0 Å². The molecule has 1 aliphatic heterocycles. The van der Waals surface area contributed by atoms with Gasteiger partial charge < -0.3 is 15.0 Å². The second-order valence-corrected chi connectivity index (χ2v) is 8.25. The average molecular weight is 447 g/mol. The lowest BCUT2D eigenvalue weighted by Crippen LogP contribution is -2.33. The summed E-state index contributed by atoms with van der Waals surface area (Å²) in [5.41, 5.74) is 4.00.